The molecule has 0 saturated heterocycles. The van der Waals surface area contributed by atoms with Crippen molar-refractivity contribution < 1.29 is 0 Å². The number of hydrogen-bond acceptors (Lipinski definition) is 3. The maximum Gasteiger partial charge on any atom is 0.160 e. The van der Waals surface area contributed by atoms with Crippen LogP contribution in [0, 0.1) is 11.3 Å². The Hall–Kier alpha value is -7.03. The molecule has 0 aliphatic rings. The van der Waals surface area contributed by atoms with Gasteiger partial charge in [0, 0.05) is 49.4 Å². The monoisotopic (exact) mass is 637 g/mol. The molecule has 5 heteroatoms. The van der Waals surface area contributed by atoms with E-state index in [1.54, 1.807) is 0 Å². The van der Waals surface area contributed by atoms with E-state index in [0.29, 0.717) is 11.4 Å². The van der Waals surface area contributed by atoms with Gasteiger partial charge in [-0.15, -0.1) is 0 Å². The van der Waals surface area contributed by atoms with Crippen molar-refractivity contribution in [1.82, 2.24) is 19.1 Å². The minimum atomic E-state index is 0.572. The molecule has 0 fully saturated rings. The summed E-state index contributed by atoms with van der Waals surface area (Å²) in [6.07, 6.45) is 0. The Morgan fingerprint density at radius 1 is 0.460 bits per heavy atom. The van der Waals surface area contributed by atoms with Crippen LogP contribution in [0.25, 0.3) is 88.5 Å². The molecular formula is C45H27N5. The highest BCUT2D eigenvalue weighted by Crippen LogP contribution is 2.42. The topological polar surface area (TPSA) is 59.4 Å². The second-order valence-electron chi connectivity index (χ2n) is 12.5. The zero-order valence-electron chi connectivity index (χ0n) is 26.8. The van der Waals surface area contributed by atoms with E-state index in [1.165, 1.54) is 38.1 Å². The molecule has 10 rings (SSSR count). The van der Waals surface area contributed by atoms with Gasteiger partial charge in [0.2, 0.25) is 0 Å². The van der Waals surface area contributed by atoms with Crippen LogP contribution in [0.1, 0.15) is 5.56 Å². The van der Waals surface area contributed by atoms with Crippen molar-refractivity contribution in [3.63, 3.8) is 0 Å². The van der Waals surface area contributed by atoms with Crippen molar-refractivity contribution >= 4 is 54.5 Å². The lowest BCUT2D eigenvalue weighted by molar-refractivity contribution is 1.17. The summed E-state index contributed by atoms with van der Waals surface area (Å²) in [6, 6.07) is 59.1. The first kappa shape index (κ1) is 28.0. The maximum absolute atomic E-state index is 9.63. The van der Waals surface area contributed by atoms with Gasteiger partial charge in [0.05, 0.1) is 44.9 Å². The van der Waals surface area contributed by atoms with E-state index in [1.807, 2.05) is 48.5 Å². The van der Waals surface area contributed by atoms with Crippen molar-refractivity contribution in [2.24, 2.45) is 0 Å². The average molecular weight is 638 g/mol. The van der Waals surface area contributed by atoms with E-state index in [4.69, 9.17) is 9.97 Å². The summed E-state index contributed by atoms with van der Waals surface area (Å²) >= 11 is 0. The number of nitriles is 1. The molecule has 3 aromatic heterocycles. The molecule has 0 saturated carbocycles. The highest BCUT2D eigenvalue weighted by molar-refractivity contribution is 6.26. The first-order chi connectivity index (χ1) is 24.8. The van der Waals surface area contributed by atoms with Crippen LogP contribution in [0.15, 0.2) is 164 Å². The Kier molecular flexibility index (Phi) is 6.17. The zero-order valence-corrected chi connectivity index (χ0v) is 26.8. The zero-order chi connectivity index (χ0) is 33.2. The summed E-state index contributed by atoms with van der Waals surface area (Å²) in [5, 5.41) is 15.4. The first-order valence-corrected chi connectivity index (χ1v) is 16.7. The second-order valence-corrected chi connectivity index (χ2v) is 12.5. The first-order valence-electron chi connectivity index (χ1n) is 16.7. The van der Waals surface area contributed by atoms with E-state index >= 15 is 0 Å². The number of benzene rings is 7. The predicted molar refractivity (Wildman–Crippen MR) is 204 cm³/mol. The van der Waals surface area contributed by atoms with E-state index in [0.717, 1.165) is 44.6 Å². The molecular weight excluding hydrogens is 611 g/mol. The van der Waals surface area contributed by atoms with Gasteiger partial charge < -0.3 is 9.13 Å². The molecule has 0 radical (unpaired) electrons. The summed E-state index contributed by atoms with van der Waals surface area (Å²) in [7, 11) is 0. The standard InChI is InChI=1S/C45H27N5/c46-28-29-19-24-36-38(27-29)47-45(31-11-3-1-4-12-31)48-43(36)30-20-22-33(23-21-30)50-39-17-9-7-15-34(39)35-25-26-41-42(44(35)50)37-16-8-10-18-40(37)49(41)32-13-5-2-6-14-32/h1-27H. The summed E-state index contributed by atoms with van der Waals surface area (Å²) < 4.78 is 4.78. The highest BCUT2D eigenvalue weighted by Gasteiger charge is 2.21. The molecule has 0 atom stereocenters. The van der Waals surface area contributed by atoms with Gasteiger partial charge in [0.1, 0.15) is 0 Å². The third-order valence-electron chi connectivity index (χ3n) is 9.74. The Labute approximate surface area is 287 Å². The van der Waals surface area contributed by atoms with Crippen molar-refractivity contribution in [3.05, 3.63) is 169 Å². The average Bonchev–Trinajstić information content (AvgIpc) is 3.71. The van der Waals surface area contributed by atoms with Gasteiger partial charge >= 0.3 is 0 Å². The molecule has 10 aromatic rings. The van der Waals surface area contributed by atoms with Crippen LogP contribution in [0.3, 0.4) is 0 Å². The SMILES string of the molecule is N#Cc1ccc2c(-c3ccc(-n4c5ccccc5c5ccc6c(c7ccccc7n6-c6ccccc6)c54)cc3)nc(-c3ccccc3)nc2c1. The lowest BCUT2D eigenvalue weighted by Crippen LogP contribution is -1.97. The lowest BCUT2D eigenvalue weighted by atomic mass is 10.0. The fourth-order valence-corrected chi connectivity index (χ4v) is 7.54. The largest absolute Gasteiger partial charge is 0.309 e. The van der Waals surface area contributed by atoms with E-state index in [2.05, 4.69) is 130 Å². The van der Waals surface area contributed by atoms with Gasteiger partial charge in [-0.3, -0.25) is 0 Å². The molecule has 0 aliphatic heterocycles. The van der Waals surface area contributed by atoms with E-state index < -0.39 is 0 Å². The normalized spacial score (nSPS) is 11.6. The van der Waals surface area contributed by atoms with Gasteiger partial charge in [-0.1, -0.05) is 103 Å². The quantitative estimate of drug-likeness (QED) is 0.193. The maximum atomic E-state index is 9.63. The number of hydrogen-bond donors (Lipinski definition) is 0. The van der Waals surface area contributed by atoms with Crippen LogP contribution in [0.5, 0.6) is 0 Å². The molecule has 0 spiro atoms. The summed E-state index contributed by atoms with van der Waals surface area (Å²) in [4.78, 5) is 9.97. The third-order valence-corrected chi connectivity index (χ3v) is 9.74. The number of para-hydroxylation sites is 3. The van der Waals surface area contributed by atoms with Crippen LogP contribution < -0.4 is 0 Å². The molecule has 0 amide bonds. The van der Waals surface area contributed by atoms with Crippen molar-refractivity contribution in [2.45, 2.75) is 0 Å². The van der Waals surface area contributed by atoms with Crippen molar-refractivity contribution in [1.29, 1.82) is 5.26 Å². The number of nitrogens with zero attached hydrogens (tertiary/aromatic N) is 5. The Morgan fingerprint density at radius 3 is 1.86 bits per heavy atom. The van der Waals surface area contributed by atoms with E-state index in [-0.39, 0.29) is 0 Å². The van der Waals surface area contributed by atoms with E-state index in [9.17, 15) is 5.26 Å². The van der Waals surface area contributed by atoms with Crippen LogP contribution in [-0.4, -0.2) is 19.1 Å². The van der Waals surface area contributed by atoms with Gasteiger partial charge in [0.15, 0.2) is 5.82 Å². The number of fused-ring (bicyclic) bond motifs is 8. The highest BCUT2D eigenvalue weighted by atomic mass is 15.0. The molecule has 0 unspecified atom stereocenters. The number of rotatable bonds is 4. The Bertz CT molecular complexity index is 2970. The molecule has 7 aromatic carbocycles. The molecule has 0 N–H and O–H groups in total. The fourth-order valence-electron chi connectivity index (χ4n) is 7.54. The van der Waals surface area contributed by atoms with Crippen LogP contribution in [0.2, 0.25) is 0 Å². The van der Waals surface area contributed by atoms with Crippen LogP contribution in [-0.2, 0) is 0 Å². The summed E-state index contributed by atoms with van der Waals surface area (Å²) in [5.74, 6) is 0.631. The second kappa shape index (κ2) is 11.0. The molecule has 3 heterocycles. The number of aromatic nitrogens is 4. The van der Waals surface area contributed by atoms with Gasteiger partial charge in [0.25, 0.3) is 0 Å². The van der Waals surface area contributed by atoms with Crippen LogP contribution >= 0.6 is 0 Å². The molecule has 232 valence electrons. The van der Waals surface area contributed by atoms with Gasteiger partial charge in [-0.05, 0) is 60.7 Å². The summed E-state index contributed by atoms with van der Waals surface area (Å²) in [6.45, 7) is 0. The van der Waals surface area contributed by atoms with Crippen molar-refractivity contribution in [2.75, 3.05) is 0 Å². The molecule has 0 aliphatic carbocycles. The molecule has 50 heavy (non-hydrogen) atoms. The minimum absolute atomic E-state index is 0.572. The van der Waals surface area contributed by atoms with Crippen molar-refractivity contribution in [3.8, 4) is 40.1 Å². The Morgan fingerprint density at radius 2 is 1.10 bits per heavy atom. The summed E-state index contributed by atoms with van der Waals surface area (Å²) in [5.41, 5.74) is 11.0. The van der Waals surface area contributed by atoms with Crippen LogP contribution in [0.4, 0.5) is 0 Å². The third kappa shape index (κ3) is 4.19. The predicted octanol–water partition coefficient (Wildman–Crippen LogP) is 11.0. The minimum Gasteiger partial charge on any atom is -0.309 e. The Balaban J connectivity index is 1.23. The lowest BCUT2D eigenvalue weighted by Gasteiger charge is -2.12. The molecule has 0 bridgehead atoms. The molecule has 5 nitrogen and oxygen atoms in total. The smallest absolute Gasteiger partial charge is 0.160 e. The van der Waals surface area contributed by atoms with Gasteiger partial charge in [-0.25, -0.2) is 9.97 Å². The fraction of sp³-hybridized carbons (Fsp3) is 0. The van der Waals surface area contributed by atoms with Gasteiger partial charge in [-0.2, -0.15) is 5.26 Å².